The summed E-state index contributed by atoms with van der Waals surface area (Å²) in [4.78, 5) is 39.2. The molecule has 0 bridgehead atoms. The molecule has 1 aliphatic rings. The smallest absolute Gasteiger partial charge is 0.247 e. The quantitative estimate of drug-likeness (QED) is 0.755. The number of anilines is 1. The summed E-state index contributed by atoms with van der Waals surface area (Å²) in [5, 5.41) is 5.73. The molecular formula is C22H33N3O3. The van der Waals surface area contributed by atoms with E-state index >= 15 is 0 Å². The van der Waals surface area contributed by atoms with Crippen molar-refractivity contribution in [1.29, 1.82) is 0 Å². The molecule has 154 valence electrons. The van der Waals surface area contributed by atoms with Gasteiger partial charge in [-0.2, -0.15) is 0 Å². The second kappa shape index (κ2) is 9.71. The molecule has 1 aliphatic carbocycles. The first kappa shape index (κ1) is 21.9. The maximum atomic E-state index is 13.3. The molecule has 0 heterocycles. The van der Waals surface area contributed by atoms with E-state index in [4.69, 9.17) is 0 Å². The summed E-state index contributed by atoms with van der Waals surface area (Å²) in [6.45, 7) is 6.92. The van der Waals surface area contributed by atoms with Crippen molar-refractivity contribution in [2.24, 2.45) is 0 Å². The van der Waals surface area contributed by atoms with E-state index in [1.807, 2.05) is 38.1 Å². The molecule has 1 atom stereocenters. The molecule has 1 unspecified atom stereocenters. The Hall–Kier alpha value is -2.37. The Labute approximate surface area is 168 Å². The van der Waals surface area contributed by atoms with E-state index < -0.39 is 5.54 Å². The van der Waals surface area contributed by atoms with Gasteiger partial charge in [0.25, 0.3) is 0 Å². The van der Waals surface area contributed by atoms with Gasteiger partial charge in [0.1, 0.15) is 5.54 Å². The van der Waals surface area contributed by atoms with Crippen molar-refractivity contribution >= 4 is 23.4 Å². The van der Waals surface area contributed by atoms with Crippen LogP contribution >= 0.6 is 0 Å². The number of aryl methyl sites for hydroxylation is 1. The first-order chi connectivity index (χ1) is 13.3. The molecule has 3 amide bonds. The van der Waals surface area contributed by atoms with E-state index in [-0.39, 0.29) is 30.3 Å². The van der Waals surface area contributed by atoms with Crippen LogP contribution in [0.4, 0.5) is 5.69 Å². The average Bonchev–Trinajstić information content (AvgIpc) is 2.68. The molecule has 0 aliphatic heterocycles. The number of hydrogen-bond donors (Lipinski definition) is 2. The summed E-state index contributed by atoms with van der Waals surface area (Å²) in [6, 6.07) is 7.70. The molecule has 6 heteroatoms. The SMILES string of the molecule is CCC(C)(C(=O)NC1CCCCC1)N(C(=O)CNC(C)=O)c1ccc(C)cc1. The molecule has 1 aromatic rings. The lowest BCUT2D eigenvalue weighted by Crippen LogP contribution is -2.62. The maximum Gasteiger partial charge on any atom is 0.247 e. The Morgan fingerprint density at radius 1 is 1.11 bits per heavy atom. The van der Waals surface area contributed by atoms with Crippen LogP contribution in [0.25, 0.3) is 0 Å². The van der Waals surface area contributed by atoms with Gasteiger partial charge in [-0.05, 0) is 45.2 Å². The Morgan fingerprint density at radius 3 is 2.25 bits per heavy atom. The molecular weight excluding hydrogens is 354 g/mol. The van der Waals surface area contributed by atoms with Crippen molar-refractivity contribution in [3.63, 3.8) is 0 Å². The van der Waals surface area contributed by atoms with Crippen LogP contribution in [0.2, 0.25) is 0 Å². The topological polar surface area (TPSA) is 78.5 Å². The summed E-state index contributed by atoms with van der Waals surface area (Å²) in [5.41, 5.74) is 0.689. The van der Waals surface area contributed by atoms with Crippen molar-refractivity contribution in [2.75, 3.05) is 11.4 Å². The first-order valence-electron chi connectivity index (χ1n) is 10.2. The van der Waals surface area contributed by atoms with Gasteiger partial charge in [-0.15, -0.1) is 0 Å². The highest BCUT2D eigenvalue weighted by Crippen LogP contribution is 2.29. The standard InChI is InChI=1S/C22H33N3O3/c1-5-22(4,21(28)24-18-9-7-6-8-10-18)25(20(27)15-23-17(3)26)19-13-11-16(2)12-14-19/h11-14,18H,5-10,15H2,1-4H3,(H,23,26)(H,24,28). The summed E-state index contributed by atoms with van der Waals surface area (Å²) in [6.07, 6.45) is 5.88. The van der Waals surface area contributed by atoms with Crippen molar-refractivity contribution in [1.82, 2.24) is 10.6 Å². The summed E-state index contributed by atoms with van der Waals surface area (Å²) in [7, 11) is 0. The van der Waals surface area contributed by atoms with Gasteiger partial charge in [0.15, 0.2) is 0 Å². The number of nitrogens with zero attached hydrogens (tertiary/aromatic N) is 1. The van der Waals surface area contributed by atoms with Crippen LogP contribution in [0.5, 0.6) is 0 Å². The molecule has 28 heavy (non-hydrogen) atoms. The number of nitrogens with one attached hydrogen (secondary N) is 2. The molecule has 0 spiro atoms. The predicted molar refractivity (Wildman–Crippen MR) is 111 cm³/mol. The zero-order chi connectivity index (χ0) is 20.7. The van der Waals surface area contributed by atoms with Gasteiger partial charge in [0.2, 0.25) is 17.7 Å². The lowest BCUT2D eigenvalue weighted by atomic mass is 9.90. The van der Waals surface area contributed by atoms with Crippen molar-refractivity contribution in [3.8, 4) is 0 Å². The minimum atomic E-state index is -1.04. The molecule has 6 nitrogen and oxygen atoms in total. The fraction of sp³-hybridized carbons (Fsp3) is 0.591. The van der Waals surface area contributed by atoms with Crippen LogP contribution in [0.3, 0.4) is 0 Å². The van der Waals surface area contributed by atoms with Crippen LogP contribution in [-0.2, 0) is 14.4 Å². The second-order valence-corrected chi connectivity index (χ2v) is 7.91. The number of benzene rings is 1. The Kier molecular flexibility index (Phi) is 7.61. The van der Waals surface area contributed by atoms with Crippen LogP contribution in [0.15, 0.2) is 24.3 Å². The van der Waals surface area contributed by atoms with Crippen LogP contribution < -0.4 is 15.5 Å². The van der Waals surface area contributed by atoms with E-state index in [1.54, 1.807) is 11.8 Å². The lowest BCUT2D eigenvalue weighted by molar-refractivity contribution is -0.131. The Morgan fingerprint density at radius 2 is 1.71 bits per heavy atom. The minimum absolute atomic E-state index is 0.140. The maximum absolute atomic E-state index is 13.3. The zero-order valence-electron chi connectivity index (χ0n) is 17.5. The van der Waals surface area contributed by atoms with Crippen molar-refractivity contribution in [2.45, 2.75) is 77.8 Å². The third-order valence-electron chi connectivity index (χ3n) is 5.64. The van der Waals surface area contributed by atoms with E-state index in [0.717, 1.165) is 31.2 Å². The number of amides is 3. The van der Waals surface area contributed by atoms with Gasteiger partial charge in [-0.3, -0.25) is 19.3 Å². The van der Waals surface area contributed by atoms with E-state index in [0.29, 0.717) is 12.1 Å². The molecule has 1 aromatic carbocycles. The Balaban J connectivity index is 2.32. The fourth-order valence-corrected chi connectivity index (χ4v) is 3.69. The number of rotatable bonds is 7. The molecule has 0 aromatic heterocycles. The van der Waals surface area contributed by atoms with Gasteiger partial charge in [-0.1, -0.05) is 43.9 Å². The fourth-order valence-electron chi connectivity index (χ4n) is 3.69. The molecule has 1 fully saturated rings. The molecule has 2 rings (SSSR count). The largest absolute Gasteiger partial charge is 0.351 e. The summed E-state index contributed by atoms with van der Waals surface area (Å²) >= 11 is 0. The van der Waals surface area contributed by atoms with Gasteiger partial charge in [-0.25, -0.2) is 0 Å². The highest BCUT2D eigenvalue weighted by atomic mass is 16.2. The van der Waals surface area contributed by atoms with Crippen molar-refractivity contribution < 1.29 is 14.4 Å². The van der Waals surface area contributed by atoms with Gasteiger partial charge in [0, 0.05) is 18.7 Å². The van der Waals surface area contributed by atoms with Crippen LogP contribution in [-0.4, -0.2) is 35.8 Å². The van der Waals surface area contributed by atoms with E-state index in [9.17, 15) is 14.4 Å². The summed E-state index contributed by atoms with van der Waals surface area (Å²) in [5.74, 6) is -0.720. The normalized spacial score (nSPS) is 16.7. The van der Waals surface area contributed by atoms with E-state index in [1.165, 1.54) is 13.3 Å². The minimum Gasteiger partial charge on any atom is -0.351 e. The third-order valence-corrected chi connectivity index (χ3v) is 5.64. The average molecular weight is 388 g/mol. The van der Waals surface area contributed by atoms with Gasteiger partial charge < -0.3 is 10.6 Å². The van der Waals surface area contributed by atoms with Crippen molar-refractivity contribution in [3.05, 3.63) is 29.8 Å². The number of carbonyl (C=O) groups is 3. The summed E-state index contributed by atoms with van der Waals surface area (Å²) < 4.78 is 0. The predicted octanol–water partition coefficient (Wildman–Crippen LogP) is 3.08. The zero-order valence-corrected chi connectivity index (χ0v) is 17.5. The highest BCUT2D eigenvalue weighted by molar-refractivity contribution is 6.04. The number of carbonyl (C=O) groups excluding carboxylic acids is 3. The number of hydrogen-bond acceptors (Lipinski definition) is 3. The molecule has 1 saturated carbocycles. The van der Waals surface area contributed by atoms with Crippen LogP contribution in [0, 0.1) is 6.92 Å². The first-order valence-corrected chi connectivity index (χ1v) is 10.2. The van der Waals surface area contributed by atoms with Crippen LogP contribution in [0.1, 0.15) is 64.9 Å². The third kappa shape index (κ3) is 5.33. The van der Waals surface area contributed by atoms with E-state index in [2.05, 4.69) is 10.6 Å². The highest BCUT2D eigenvalue weighted by Gasteiger charge is 2.42. The Bertz CT molecular complexity index is 695. The van der Waals surface area contributed by atoms with Gasteiger partial charge in [0.05, 0.1) is 6.54 Å². The molecule has 0 radical (unpaired) electrons. The second-order valence-electron chi connectivity index (χ2n) is 7.91. The van der Waals surface area contributed by atoms with Gasteiger partial charge >= 0.3 is 0 Å². The monoisotopic (exact) mass is 387 g/mol. The molecule has 0 saturated heterocycles. The lowest BCUT2D eigenvalue weighted by Gasteiger charge is -2.41. The molecule has 2 N–H and O–H groups in total.